The van der Waals surface area contributed by atoms with Crippen molar-refractivity contribution in [1.29, 1.82) is 0 Å². The van der Waals surface area contributed by atoms with Crippen LogP contribution in [-0.2, 0) is 11.2 Å². The predicted octanol–water partition coefficient (Wildman–Crippen LogP) is 1.54. The predicted molar refractivity (Wildman–Crippen MR) is 60.1 cm³/mol. The Morgan fingerprint density at radius 3 is 3.00 bits per heavy atom. The highest BCUT2D eigenvalue weighted by atomic mass is 32.1. The molecule has 0 amide bonds. The maximum absolute atomic E-state index is 5.19. The van der Waals surface area contributed by atoms with Gasteiger partial charge in [0.2, 0.25) is 0 Å². The average Bonchev–Trinajstić information content (AvgIpc) is 2.94. The lowest BCUT2D eigenvalue weighted by Crippen LogP contribution is -2.19. The molecular formula is C10H17N3OS. The van der Waals surface area contributed by atoms with Crippen LogP contribution >= 0.6 is 11.3 Å². The van der Waals surface area contributed by atoms with E-state index in [-0.39, 0.29) is 6.10 Å². The van der Waals surface area contributed by atoms with E-state index >= 15 is 0 Å². The summed E-state index contributed by atoms with van der Waals surface area (Å²) in [5.74, 6) is 0. The number of ether oxygens (including phenoxy) is 1. The molecule has 0 radical (unpaired) electrons. The third-order valence-electron chi connectivity index (χ3n) is 2.53. The molecule has 2 rings (SSSR count). The van der Waals surface area contributed by atoms with Crippen molar-refractivity contribution in [3.63, 3.8) is 0 Å². The van der Waals surface area contributed by atoms with Crippen LogP contribution in [-0.4, -0.2) is 29.9 Å². The van der Waals surface area contributed by atoms with E-state index in [0.29, 0.717) is 0 Å². The molecule has 0 aromatic carbocycles. The molecule has 15 heavy (non-hydrogen) atoms. The topological polar surface area (TPSA) is 47.0 Å². The molecule has 1 aliphatic carbocycles. The Balaban J connectivity index is 1.77. The largest absolute Gasteiger partial charge is 0.374 e. The summed E-state index contributed by atoms with van der Waals surface area (Å²) in [7, 11) is 1.69. The van der Waals surface area contributed by atoms with Gasteiger partial charge in [-0.25, -0.2) is 0 Å². The van der Waals surface area contributed by atoms with Crippen molar-refractivity contribution < 1.29 is 4.74 Å². The van der Waals surface area contributed by atoms with Crippen molar-refractivity contribution in [2.24, 2.45) is 0 Å². The van der Waals surface area contributed by atoms with Crippen molar-refractivity contribution in [1.82, 2.24) is 15.5 Å². The van der Waals surface area contributed by atoms with Crippen LogP contribution in [0, 0.1) is 0 Å². The lowest BCUT2D eigenvalue weighted by molar-refractivity contribution is 0.118. The summed E-state index contributed by atoms with van der Waals surface area (Å²) >= 11 is 1.65. The average molecular weight is 227 g/mol. The fourth-order valence-corrected chi connectivity index (χ4v) is 2.17. The molecule has 0 bridgehead atoms. The quantitative estimate of drug-likeness (QED) is 0.801. The molecule has 1 saturated carbocycles. The number of aromatic nitrogens is 2. The highest BCUT2D eigenvalue weighted by Gasteiger charge is 2.20. The Kier molecular flexibility index (Phi) is 3.66. The third-order valence-corrected chi connectivity index (χ3v) is 3.68. The molecule has 0 spiro atoms. The smallest absolute Gasteiger partial charge is 0.146 e. The molecule has 1 heterocycles. The standard InChI is InChI=1S/C10H17N3OS/c1-7(14-2)10-13-12-9(15-10)5-6-11-8-3-4-8/h7-8,11H,3-6H2,1-2H3. The lowest BCUT2D eigenvalue weighted by atomic mass is 10.4. The minimum Gasteiger partial charge on any atom is -0.374 e. The molecule has 1 atom stereocenters. The first-order valence-corrected chi connectivity index (χ1v) is 6.19. The van der Waals surface area contributed by atoms with Gasteiger partial charge < -0.3 is 10.1 Å². The van der Waals surface area contributed by atoms with Gasteiger partial charge in [0.25, 0.3) is 0 Å². The number of nitrogens with one attached hydrogen (secondary N) is 1. The van der Waals surface area contributed by atoms with E-state index in [4.69, 9.17) is 4.74 Å². The van der Waals surface area contributed by atoms with Gasteiger partial charge in [-0.05, 0) is 19.8 Å². The summed E-state index contributed by atoms with van der Waals surface area (Å²) in [6.45, 7) is 3.01. The van der Waals surface area contributed by atoms with Crippen LogP contribution < -0.4 is 5.32 Å². The van der Waals surface area contributed by atoms with E-state index in [1.807, 2.05) is 6.92 Å². The minimum absolute atomic E-state index is 0.0626. The van der Waals surface area contributed by atoms with Crippen molar-refractivity contribution in [3.05, 3.63) is 10.0 Å². The first-order valence-electron chi connectivity index (χ1n) is 5.38. The van der Waals surface area contributed by atoms with Gasteiger partial charge in [-0.3, -0.25) is 0 Å². The Labute approximate surface area is 94.1 Å². The van der Waals surface area contributed by atoms with E-state index in [2.05, 4.69) is 15.5 Å². The van der Waals surface area contributed by atoms with Gasteiger partial charge in [-0.15, -0.1) is 10.2 Å². The van der Waals surface area contributed by atoms with Gasteiger partial charge in [0.15, 0.2) is 0 Å². The Hall–Kier alpha value is -0.520. The molecule has 84 valence electrons. The summed E-state index contributed by atoms with van der Waals surface area (Å²) in [6, 6.07) is 0.773. The monoisotopic (exact) mass is 227 g/mol. The molecule has 1 unspecified atom stereocenters. The molecule has 1 N–H and O–H groups in total. The zero-order valence-electron chi connectivity index (χ0n) is 9.19. The first-order chi connectivity index (χ1) is 7.29. The van der Waals surface area contributed by atoms with Crippen molar-refractivity contribution in [3.8, 4) is 0 Å². The van der Waals surface area contributed by atoms with Gasteiger partial charge in [0, 0.05) is 26.1 Å². The fourth-order valence-electron chi connectivity index (χ4n) is 1.30. The molecule has 1 aromatic heterocycles. The maximum Gasteiger partial charge on any atom is 0.146 e. The molecule has 0 aliphatic heterocycles. The van der Waals surface area contributed by atoms with Crippen molar-refractivity contribution in [2.75, 3.05) is 13.7 Å². The summed E-state index contributed by atoms with van der Waals surface area (Å²) in [5, 5.41) is 13.8. The lowest BCUT2D eigenvalue weighted by Gasteiger charge is -2.02. The second-order valence-electron chi connectivity index (χ2n) is 3.89. The Bertz CT molecular complexity index is 311. The molecule has 5 heteroatoms. The van der Waals surface area contributed by atoms with Crippen molar-refractivity contribution in [2.45, 2.75) is 38.3 Å². The number of hydrogen-bond acceptors (Lipinski definition) is 5. The first kappa shape index (κ1) is 11.0. The van der Waals surface area contributed by atoms with Gasteiger partial charge in [-0.1, -0.05) is 11.3 Å². The summed E-state index contributed by atoms with van der Waals surface area (Å²) in [5.41, 5.74) is 0. The second-order valence-corrected chi connectivity index (χ2v) is 4.98. The summed E-state index contributed by atoms with van der Waals surface area (Å²) < 4.78 is 5.19. The third kappa shape index (κ3) is 3.22. The molecular weight excluding hydrogens is 210 g/mol. The SMILES string of the molecule is COC(C)c1nnc(CCNC2CC2)s1. The summed E-state index contributed by atoms with van der Waals surface area (Å²) in [4.78, 5) is 0. The highest BCUT2D eigenvalue weighted by Crippen LogP contribution is 2.21. The molecule has 1 fully saturated rings. The van der Waals surface area contributed by atoms with Crippen molar-refractivity contribution >= 4 is 11.3 Å². The van der Waals surface area contributed by atoms with E-state index < -0.39 is 0 Å². The molecule has 4 nitrogen and oxygen atoms in total. The van der Waals surface area contributed by atoms with Crippen LogP contribution in [0.15, 0.2) is 0 Å². The number of methoxy groups -OCH3 is 1. The molecule has 1 aromatic rings. The van der Waals surface area contributed by atoms with E-state index in [9.17, 15) is 0 Å². The van der Waals surface area contributed by atoms with Crippen LogP contribution in [0.2, 0.25) is 0 Å². The van der Waals surface area contributed by atoms with E-state index in [1.54, 1.807) is 18.4 Å². The van der Waals surface area contributed by atoms with Crippen LogP contribution in [0.3, 0.4) is 0 Å². The zero-order chi connectivity index (χ0) is 10.7. The second kappa shape index (κ2) is 5.01. The number of rotatable bonds is 6. The number of hydrogen-bond donors (Lipinski definition) is 1. The molecule has 1 aliphatic rings. The molecule has 0 saturated heterocycles. The van der Waals surface area contributed by atoms with E-state index in [0.717, 1.165) is 29.0 Å². The highest BCUT2D eigenvalue weighted by molar-refractivity contribution is 7.11. The van der Waals surface area contributed by atoms with Gasteiger partial charge >= 0.3 is 0 Å². The van der Waals surface area contributed by atoms with Crippen LogP contribution in [0.5, 0.6) is 0 Å². The van der Waals surface area contributed by atoms with Crippen LogP contribution in [0.25, 0.3) is 0 Å². The normalized spacial score (nSPS) is 18.0. The number of nitrogens with zero attached hydrogens (tertiary/aromatic N) is 2. The van der Waals surface area contributed by atoms with Gasteiger partial charge in [0.1, 0.15) is 16.1 Å². The van der Waals surface area contributed by atoms with Gasteiger partial charge in [-0.2, -0.15) is 0 Å². The maximum atomic E-state index is 5.19. The Morgan fingerprint density at radius 2 is 2.33 bits per heavy atom. The van der Waals surface area contributed by atoms with Gasteiger partial charge in [0.05, 0.1) is 0 Å². The fraction of sp³-hybridized carbons (Fsp3) is 0.800. The van der Waals surface area contributed by atoms with Crippen LogP contribution in [0.1, 0.15) is 35.9 Å². The zero-order valence-corrected chi connectivity index (χ0v) is 10.0. The Morgan fingerprint density at radius 1 is 1.53 bits per heavy atom. The summed E-state index contributed by atoms with van der Waals surface area (Å²) in [6.07, 6.45) is 3.71. The van der Waals surface area contributed by atoms with Crippen LogP contribution in [0.4, 0.5) is 0 Å². The minimum atomic E-state index is 0.0626. The van der Waals surface area contributed by atoms with E-state index in [1.165, 1.54) is 12.8 Å².